The molecule has 0 radical (unpaired) electrons. The summed E-state index contributed by atoms with van der Waals surface area (Å²) in [4.78, 5) is 25.3. The number of hydrogen-bond donors (Lipinski definition) is 0. The van der Waals surface area contributed by atoms with Gasteiger partial charge in [0.05, 0.1) is 19.3 Å². The number of esters is 1. The van der Waals surface area contributed by atoms with E-state index in [0.717, 1.165) is 57.8 Å². The van der Waals surface area contributed by atoms with Crippen molar-refractivity contribution in [3.8, 4) is 5.75 Å². The Labute approximate surface area is 238 Å². The highest BCUT2D eigenvalue weighted by atomic mass is 32.1. The van der Waals surface area contributed by atoms with E-state index in [2.05, 4.69) is 0 Å². The van der Waals surface area contributed by atoms with Crippen LogP contribution in [0.15, 0.2) is 30.3 Å². The van der Waals surface area contributed by atoms with Gasteiger partial charge in [0.15, 0.2) is 5.79 Å². The summed E-state index contributed by atoms with van der Waals surface area (Å²) in [5.41, 5.74) is 0. The lowest BCUT2D eigenvalue weighted by Gasteiger charge is -2.43. The molecular formula is C30H45NO7S. The van der Waals surface area contributed by atoms with E-state index < -0.39 is 5.79 Å². The third kappa shape index (κ3) is 10.7. The number of thiocarbonyl (C=S) groups is 1. The van der Waals surface area contributed by atoms with E-state index in [1.54, 1.807) is 4.90 Å². The predicted octanol–water partition coefficient (Wildman–Crippen LogP) is 5.95. The molecule has 3 rings (SSSR count). The summed E-state index contributed by atoms with van der Waals surface area (Å²) in [6, 6.07) is 9.14. The average molecular weight is 564 g/mol. The van der Waals surface area contributed by atoms with Gasteiger partial charge in [-0.25, -0.2) is 0 Å². The Morgan fingerprint density at radius 3 is 2.44 bits per heavy atom. The van der Waals surface area contributed by atoms with Crippen LogP contribution in [0.4, 0.5) is 0 Å². The maximum Gasteiger partial charge on any atom is 0.358 e. The molecule has 0 bridgehead atoms. The lowest BCUT2D eigenvalue weighted by atomic mass is 9.90. The summed E-state index contributed by atoms with van der Waals surface area (Å²) >= 11 is 5.43. The number of likely N-dealkylation sites (tertiary alicyclic amines) is 1. The minimum Gasteiger partial charge on any atom is -0.460 e. The molecule has 0 unspecified atom stereocenters. The first-order valence-corrected chi connectivity index (χ1v) is 14.8. The van der Waals surface area contributed by atoms with E-state index >= 15 is 0 Å². The molecule has 0 saturated carbocycles. The summed E-state index contributed by atoms with van der Waals surface area (Å²) in [7, 11) is 0. The molecule has 4 atom stereocenters. The van der Waals surface area contributed by atoms with Crippen molar-refractivity contribution in [1.29, 1.82) is 0 Å². The highest BCUT2D eigenvalue weighted by Crippen LogP contribution is 2.29. The van der Waals surface area contributed by atoms with Gasteiger partial charge < -0.3 is 28.6 Å². The van der Waals surface area contributed by atoms with Gasteiger partial charge in [0.2, 0.25) is 6.41 Å². The zero-order chi connectivity index (χ0) is 28.1. The Kier molecular flexibility index (Phi) is 12.9. The predicted molar refractivity (Wildman–Crippen MR) is 152 cm³/mol. The number of ether oxygens (including phenoxy) is 5. The third-order valence-corrected chi connectivity index (χ3v) is 7.88. The zero-order valence-corrected chi connectivity index (χ0v) is 24.5. The molecule has 1 aromatic carbocycles. The van der Waals surface area contributed by atoms with Crippen LogP contribution < -0.4 is 4.74 Å². The summed E-state index contributed by atoms with van der Waals surface area (Å²) in [5, 5.41) is 0.0929. The molecule has 8 nitrogen and oxygen atoms in total. The lowest BCUT2D eigenvalue weighted by molar-refractivity contribution is -0.156. The summed E-state index contributed by atoms with van der Waals surface area (Å²) in [6.45, 7) is 6.74. The van der Waals surface area contributed by atoms with Gasteiger partial charge in [0.25, 0.3) is 0 Å². The molecule has 2 aliphatic rings. The molecule has 2 heterocycles. The van der Waals surface area contributed by atoms with Crippen LogP contribution in [0.1, 0.15) is 91.4 Å². The second-order valence-corrected chi connectivity index (χ2v) is 11.1. The standard InChI is InChI=1S/C30H45NO7S/c1-23-28(36-24(2)33)17-16-25(31(23)22-32)21-27(38-29(39)37-26-13-10-8-11-14-26)15-9-6-4-5-7-12-18-30(3)34-19-20-35-30/h8,10-11,13-14,22-23,25,27-28H,4-7,9,12,15-21H2,1-3H3/t23-,25-,27+,28-/m1/s1. The molecule has 9 heteroatoms. The fraction of sp³-hybridized carbons (Fsp3) is 0.700. The Hall–Kier alpha value is -2.23. The molecule has 218 valence electrons. The Balaban J connectivity index is 1.47. The highest BCUT2D eigenvalue weighted by molar-refractivity contribution is 7.79. The SMILES string of the molecule is CC(=O)O[C@@H]1CC[C@H](C[C@H](CCCCCCCCC2(C)OCCO2)OC(=S)Oc2ccccc2)N(C=O)[C@@H]1C. The lowest BCUT2D eigenvalue weighted by Crippen LogP contribution is -2.53. The number of nitrogens with zero attached hydrogens (tertiary/aromatic N) is 1. The van der Waals surface area contributed by atoms with Crippen molar-refractivity contribution in [2.45, 2.75) is 121 Å². The second-order valence-electron chi connectivity index (χ2n) is 10.8. The minimum atomic E-state index is -0.394. The zero-order valence-electron chi connectivity index (χ0n) is 23.7. The molecular weight excluding hydrogens is 518 g/mol. The van der Waals surface area contributed by atoms with Gasteiger partial charge in [0.1, 0.15) is 18.0 Å². The quantitative estimate of drug-likeness (QED) is 0.112. The summed E-state index contributed by atoms with van der Waals surface area (Å²) in [5.74, 6) is -0.0848. The van der Waals surface area contributed by atoms with Crippen LogP contribution in [0.3, 0.4) is 0 Å². The number of para-hydroxylation sites is 1. The Morgan fingerprint density at radius 2 is 1.77 bits per heavy atom. The summed E-state index contributed by atoms with van der Waals surface area (Å²) in [6.07, 6.45) is 10.9. The second kappa shape index (κ2) is 16.1. The average Bonchev–Trinajstić information content (AvgIpc) is 3.34. The van der Waals surface area contributed by atoms with Gasteiger partial charge >= 0.3 is 11.2 Å². The number of rotatable bonds is 15. The van der Waals surface area contributed by atoms with E-state index in [1.165, 1.54) is 13.3 Å². The van der Waals surface area contributed by atoms with Crippen LogP contribution in [0.2, 0.25) is 0 Å². The maximum absolute atomic E-state index is 12.0. The van der Waals surface area contributed by atoms with Crippen LogP contribution in [0, 0.1) is 0 Å². The fourth-order valence-electron chi connectivity index (χ4n) is 5.56. The molecule has 2 fully saturated rings. The largest absolute Gasteiger partial charge is 0.460 e. The summed E-state index contributed by atoms with van der Waals surface area (Å²) < 4.78 is 28.7. The van der Waals surface area contributed by atoms with E-state index in [9.17, 15) is 9.59 Å². The van der Waals surface area contributed by atoms with E-state index in [4.69, 9.17) is 35.9 Å². The van der Waals surface area contributed by atoms with Crippen LogP contribution in [-0.4, -0.2) is 65.8 Å². The topological polar surface area (TPSA) is 83.5 Å². The van der Waals surface area contributed by atoms with E-state index in [1.807, 2.05) is 44.2 Å². The van der Waals surface area contributed by atoms with Gasteiger partial charge in [-0.1, -0.05) is 43.9 Å². The van der Waals surface area contributed by atoms with Gasteiger partial charge in [-0.15, -0.1) is 0 Å². The first-order chi connectivity index (χ1) is 18.8. The van der Waals surface area contributed by atoms with Crippen LogP contribution in [0.25, 0.3) is 0 Å². The van der Waals surface area contributed by atoms with Gasteiger partial charge in [0, 0.05) is 38.0 Å². The van der Waals surface area contributed by atoms with Crippen molar-refractivity contribution in [3.63, 3.8) is 0 Å². The van der Waals surface area contributed by atoms with Crippen molar-refractivity contribution in [1.82, 2.24) is 4.90 Å². The number of benzene rings is 1. The van der Waals surface area contributed by atoms with Crippen molar-refractivity contribution in [2.24, 2.45) is 0 Å². The molecule has 0 N–H and O–H groups in total. The Bertz CT molecular complexity index is 893. The van der Waals surface area contributed by atoms with Crippen molar-refractivity contribution >= 4 is 29.8 Å². The first-order valence-electron chi connectivity index (χ1n) is 14.4. The van der Waals surface area contributed by atoms with Crippen LogP contribution in [0.5, 0.6) is 5.75 Å². The molecule has 0 spiro atoms. The smallest absolute Gasteiger partial charge is 0.358 e. The van der Waals surface area contributed by atoms with Crippen molar-refractivity contribution in [2.75, 3.05) is 13.2 Å². The van der Waals surface area contributed by atoms with Crippen LogP contribution in [-0.2, 0) is 28.5 Å². The monoisotopic (exact) mass is 563 g/mol. The van der Waals surface area contributed by atoms with Gasteiger partial charge in [-0.2, -0.15) is 0 Å². The molecule has 1 aromatic rings. The highest BCUT2D eigenvalue weighted by Gasteiger charge is 2.37. The van der Waals surface area contributed by atoms with Crippen molar-refractivity contribution in [3.05, 3.63) is 30.3 Å². The molecule has 39 heavy (non-hydrogen) atoms. The van der Waals surface area contributed by atoms with Crippen LogP contribution >= 0.6 is 12.2 Å². The minimum absolute atomic E-state index is 0.0183. The van der Waals surface area contributed by atoms with E-state index in [-0.39, 0.29) is 35.5 Å². The number of amides is 1. The molecule has 2 saturated heterocycles. The first kappa shape index (κ1) is 31.3. The third-order valence-electron chi connectivity index (χ3n) is 7.70. The maximum atomic E-state index is 12.0. The van der Waals surface area contributed by atoms with Crippen molar-refractivity contribution < 1.29 is 33.3 Å². The molecule has 0 aliphatic carbocycles. The number of hydrogen-bond acceptors (Lipinski definition) is 8. The molecule has 1 amide bonds. The Morgan fingerprint density at radius 1 is 1.10 bits per heavy atom. The fourth-order valence-corrected chi connectivity index (χ4v) is 5.80. The molecule has 2 aliphatic heterocycles. The van der Waals surface area contributed by atoms with Gasteiger partial charge in [-0.05, 0) is 58.1 Å². The number of piperidine rings is 1. The van der Waals surface area contributed by atoms with Gasteiger partial charge in [-0.3, -0.25) is 9.59 Å². The number of carbonyl (C=O) groups excluding carboxylic acids is 2. The number of unbranched alkanes of at least 4 members (excludes halogenated alkanes) is 5. The molecule has 0 aromatic heterocycles. The normalized spacial score (nSPS) is 23.2. The van der Waals surface area contributed by atoms with E-state index in [0.29, 0.717) is 31.8 Å². The number of carbonyl (C=O) groups is 2.